The maximum Gasteiger partial charge on any atom is 0.0692 e. The molecule has 2 aliphatic rings. The Balaban J connectivity index is 1.74. The van der Waals surface area contributed by atoms with E-state index >= 15 is 0 Å². The second-order valence-electron chi connectivity index (χ2n) is 6.37. The molecule has 2 atom stereocenters. The van der Waals surface area contributed by atoms with Gasteiger partial charge in [0.2, 0.25) is 0 Å². The maximum absolute atomic E-state index is 10.2. The number of likely N-dealkylation sites (N-methyl/N-ethyl adjacent to an activating group) is 1. The van der Waals surface area contributed by atoms with Crippen molar-refractivity contribution in [1.82, 2.24) is 10.2 Å². The number of aliphatic hydroxyl groups is 1. The van der Waals surface area contributed by atoms with Crippen molar-refractivity contribution in [3.8, 4) is 6.07 Å². The monoisotopic (exact) mass is 281 g/mol. The lowest BCUT2D eigenvalue weighted by molar-refractivity contribution is 0.0134. The van der Waals surface area contributed by atoms with Crippen LogP contribution in [0.3, 0.4) is 0 Å². The normalized spacial score (nSPS) is 28.8. The zero-order valence-corrected chi connectivity index (χ0v) is 12.5. The zero-order chi connectivity index (χ0) is 14.4. The number of likely N-dealkylation sites (tertiary alicyclic amines) is 1. The molecule has 2 rings (SSSR count). The van der Waals surface area contributed by atoms with Crippen molar-refractivity contribution in [3.63, 3.8) is 0 Å². The minimum absolute atomic E-state index is 0.386. The Morgan fingerprint density at radius 3 is 2.90 bits per heavy atom. The first kappa shape index (κ1) is 15.7. The van der Waals surface area contributed by atoms with Crippen LogP contribution in [-0.2, 0) is 4.74 Å². The molecule has 2 heterocycles. The molecule has 0 aromatic carbocycles. The predicted molar refractivity (Wildman–Crippen MR) is 77.2 cm³/mol. The SMILES string of the molecule is CN1CCCC(NCC(O)CC2(C#N)CCOCC2)C1. The molecule has 2 N–H and O–H groups in total. The van der Waals surface area contributed by atoms with Gasteiger partial charge in [0.25, 0.3) is 0 Å². The predicted octanol–water partition coefficient (Wildman–Crippen LogP) is 0.742. The number of rotatable bonds is 5. The fraction of sp³-hybridized carbons (Fsp3) is 0.933. The molecule has 2 saturated heterocycles. The molecule has 20 heavy (non-hydrogen) atoms. The summed E-state index contributed by atoms with van der Waals surface area (Å²) >= 11 is 0. The van der Waals surface area contributed by atoms with Crippen LogP contribution in [-0.4, -0.2) is 62.0 Å². The molecular formula is C15H27N3O2. The molecule has 0 aliphatic carbocycles. The Morgan fingerprint density at radius 1 is 1.50 bits per heavy atom. The highest BCUT2D eigenvalue weighted by atomic mass is 16.5. The maximum atomic E-state index is 10.2. The molecule has 5 heteroatoms. The van der Waals surface area contributed by atoms with E-state index in [1.807, 2.05) is 0 Å². The average molecular weight is 281 g/mol. The van der Waals surface area contributed by atoms with E-state index in [2.05, 4.69) is 23.3 Å². The van der Waals surface area contributed by atoms with E-state index in [4.69, 9.17) is 4.74 Å². The molecule has 2 aliphatic heterocycles. The van der Waals surface area contributed by atoms with E-state index in [0.717, 1.165) is 25.9 Å². The molecule has 0 bridgehead atoms. The number of nitrogens with zero attached hydrogens (tertiary/aromatic N) is 2. The summed E-state index contributed by atoms with van der Waals surface area (Å²) in [4.78, 5) is 2.32. The quantitative estimate of drug-likeness (QED) is 0.778. The van der Waals surface area contributed by atoms with E-state index in [0.29, 0.717) is 32.2 Å². The summed E-state index contributed by atoms with van der Waals surface area (Å²) in [5, 5.41) is 23.1. The third-order valence-electron chi connectivity index (χ3n) is 4.58. The van der Waals surface area contributed by atoms with Crippen molar-refractivity contribution in [2.75, 3.05) is 39.9 Å². The van der Waals surface area contributed by atoms with Crippen LogP contribution in [0, 0.1) is 16.7 Å². The minimum Gasteiger partial charge on any atom is -0.392 e. The fourth-order valence-corrected chi connectivity index (χ4v) is 3.28. The van der Waals surface area contributed by atoms with Crippen LogP contribution in [0.2, 0.25) is 0 Å². The Morgan fingerprint density at radius 2 is 2.25 bits per heavy atom. The minimum atomic E-state index is -0.444. The highest BCUT2D eigenvalue weighted by Crippen LogP contribution is 2.34. The van der Waals surface area contributed by atoms with Gasteiger partial charge in [-0.05, 0) is 45.7 Å². The number of piperidine rings is 1. The van der Waals surface area contributed by atoms with Gasteiger partial charge < -0.3 is 20.1 Å². The second-order valence-corrected chi connectivity index (χ2v) is 6.37. The molecule has 0 radical (unpaired) electrons. The standard InChI is InChI=1S/C15H27N3O2/c1-18-6-2-3-13(11-18)17-10-14(19)9-15(12-16)4-7-20-8-5-15/h13-14,17,19H,2-11H2,1H3. The molecule has 0 spiro atoms. The van der Waals surface area contributed by atoms with Gasteiger partial charge in [0, 0.05) is 32.3 Å². The summed E-state index contributed by atoms with van der Waals surface area (Å²) in [7, 11) is 2.14. The van der Waals surface area contributed by atoms with Crippen LogP contribution in [0.4, 0.5) is 0 Å². The summed E-state index contributed by atoms with van der Waals surface area (Å²) in [5.74, 6) is 0. The fourth-order valence-electron chi connectivity index (χ4n) is 3.28. The van der Waals surface area contributed by atoms with Gasteiger partial charge in [-0.25, -0.2) is 0 Å². The zero-order valence-electron chi connectivity index (χ0n) is 12.5. The molecule has 5 nitrogen and oxygen atoms in total. The van der Waals surface area contributed by atoms with Crippen molar-refractivity contribution < 1.29 is 9.84 Å². The van der Waals surface area contributed by atoms with Gasteiger partial charge >= 0.3 is 0 Å². The third-order valence-corrected chi connectivity index (χ3v) is 4.58. The van der Waals surface area contributed by atoms with Crippen molar-refractivity contribution in [3.05, 3.63) is 0 Å². The molecule has 0 aromatic heterocycles. The molecule has 0 aromatic rings. The summed E-state index contributed by atoms with van der Waals surface area (Å²) in [5.41, 5.74) is -0.386. The van der Waals surface area contributed by atoms with Crippen LogP contribution >= 0.6 is 0 Å². The highest BCUT2D eigenvalue weighted by Gasteiger charge is 2.34. The first-order valence-electron chi connectivity index (χ1n) is 7.72. The van der Waals surface area contributed by atoms with Crippen LogP contribution in [0.25, 0.3) is 0 Å². The molecule has 114 valence electrons. The molecule has 2 unspecified atom stereocenters. The van der Waals surface area contributed by atoms with E-state index in [1.54, 1.807) is 0 Å². The van der Waals surface area contributed by atoms with Crippen LogP contribution in [0.5, 0.6) is 0 Å². The topological polar surface area (TPSA) is 68.5 Å². The van der Waals surface area contributed by atoms with Gasteiger partial charge in [-0.1, -0.05) is 0 Å². The van der Waals surface area contributed by atoms with Crippen LogP contribution in [0.1, 0.15) is 32.1 Å². The summed E-state index contributed by atoms with van der Waals surface area (Å²) < 4.78 is 5.32. The van der Waals surface area contributed by atoms with Crippen LogP contribution < -0.4 is 5.32 Å². The molecule has 0 saturated carbocycles. The van der Waals surface area contributed by atoms with Gasteiger partial charge in [0.15, 0.2) is 0 Å². The average Bonchev–Trinajstić information content (AvgIpc) is 2.46. The van der Waals surface area contributed by atoms with Crippen molar-refractivity contribution in [1.29, 1.82) is 5.26 Å². The number of hydrogen-bond acceptors (Lipinski definition) is 5. The number of nitriles is 1. The van der Waals surface area contributed by atoms with Crippen molar-refractivity contribution >= 4 is 0 Å². The largest absolute Gasteiger partial charge is 0.392 e. The molecule has 0 amide bonds. The number of aliphatic hydroxyl groups excluding tert-OH is 1. The first-order chi connectivity index (χ1) is 9.63. The Hall–Kier alpha value is -0.670. The number of ether oxygens (including phenoxy) is 1. The van der Waals surface area contributed by atoms with Crippen molar-refractivity contribution in [2.45, 2.75) is 44.2 Å². The highest BCUT2D eigenvalue weighted by molar-refractivity contribution is 5.01. The van der Waals surface area contributed by atoms with Gasteiger partial charge in [0.1, 0.15) is 0 Å². The lowest BCUT2D eigenvalue weighted by Crippen LogP contribution is -2.47. The number of hydrogen-bond donors (Lipinski definition) is 2. The van der Waals surface area contributed by atoms with Gasteiger partial charge in [-0.3, -0.25) is 0 Å². The lowest BCUT2D eigenvalue weighted by atomic mass is 9.77. The van der Waals surface area contributed by atoms with Gasteiger partial charge in [-0.15, -0.1) is 0 Å². The summed E-state index contributed by atoms with van der Waals surface area (Å²) in [6.45, 7) is 4.08. The summed E-state index contributed by atoms with van der Waals surface area (Å²) in [6.07, 6.45) is 3.99. The number of nitrogens with one attached hydrogen (secondary N) is 1. The van der Waals surface area contributed by atoms with Crippen LogP contribution in [0.15, 0.2) is 0 Å². The Bertz CT molecular complexity index is 337. The summed E-state index contributed by atoms with van der Waals surface area (Å²) in [6, 6.07) is 2.89. The smallest absolute Gasteiger partial charge is 0.0692 e. The van der Waals surface area contributed by atoms with E-state index in [9.17, 15) is 10.4 Å². The van der Waals surface area contributed by atoms with Crippen molar-refractivity contribution in [2.24, 2.45) is 5.41 Å². The van der Waals surface area contributed by atoms with Gasteiger partial charge in [0.05, 0.1) is 17.6 Å². The first-order valence-corrected chi connectivity index (χ1v) is 7.72. The van der Waals surface area contributed by atoms with Gasteiger partial charge in [-0.2, -0.15) is 5.26 Å². The lowest BCUT2D eigenvalue weighted by Gasteiger charge is -2.34. The van der Waals surface area contributed by atoms with E-state index < -0.39 is 6.10 Å². The second kappa shape index (κ2) is 7.37. The van der Waals surface area contributed by atoms with E-state index in [-0.39, 0.29) is 5.41 Å². The molecular weight excluding hydrogens is 254 g/mol. The third kappa shape index (κ3) is 4.42. The molecule has 2 fully saturated rings. The Labute approximate surface area is 121 Å². The Kier molecular flexibility index (Phi) is 5.79. The van der Waals surface area contributed by atoms with E-state index in [1.165, 1.54) is 12.8 Å².